The molecule has 0 saturated carbocycles. The first-order valence-electron chi connectivity index (χ1n) is 7.94. The fourth-order valence-corrected chi connectivity index (χ4v) is 3.01. The van der Waals surface area contributed by atoms with E-state index in [4.69, 9.17) is 0 Å². The molecule has 1 aliphatic heterocycles. The summed E-state index contributed by atoms with van der Waals surface area (Å²) >= 11 is 0. The number of para-hydroxylation sites is 1. The third-order valence-electron chi connectivity index (χ3n) is 4.21. The third-order valence-corrected chi connectivity index (χ3v) is 4.21. The largest absolute Gasteiger partial charge is 0.315 e. The van der Waals surface area contributed by atoms with Crippen molar-refractivity contribution in [1.82, 2.24) is 24.5 Å². The van der Waals surface area contributed by atoms with Crippen LogP contribution in [0.3, 0.4) is 0 Å². The van der Waals surface area contributed by atoms with Crippen LogP contribution in [0.25, 0.3) is 11.0 Å². The molecule has 0 spiro atoms. The van der Waals surface area contributed by atoms with Gasteiger partial charge in [0.05, 0.1) is 18.3 Å². The highest BCUT2D eigenvalue weighted by Crippen LogP contribution is 2.19. The number of hydrogen-bond donors (Lipinski definition) is 1. The topological polar surface area (TPSA) is 77.6 Å². The van der Waals surface area contributed by atoms with Gasteiger partial charge in [-0.25, -0.2) is 9.67 Å². The van der Waals surface area contributed by atoms with E-state index in [9.17, 15) is 4.79 Å². The van der Waals surface area contributed by atoms with Crippen molar-refractivity contribution in [2.75, 3.05) is 5.32 Å². The smallest absolute Gasteiger partial charge is 0.227 e. The van der Waals surface area contributed by atoms with Crippen molar-refractivity contribution in [1.29, 1.82) is 0 Å². The van der Waals surface area contributed by atoms with Gasteiger partial charge >= 0.3 is 0 Å². The first kappa shape index (κ1) is 13.9. The minimum Gasteiger partial charge on any atom is -0.315 e. The quantitative estimate of drug-likeness (QED) is 0.799. The summed E-state index contributed by atoms with van der Waals surface area (Å²) in [5, 5.41) is 11.2. The van der Waals surface area contributed by atoms with Crippen molar-refractivity contribution in [3.63, 3.8) is 0 Å². The van der Waals surface area contributed by atoms with Gasteiger partial charge in [0.1, 0.15) is 17.2 Å². The highest BCUT2D eigenvalue weighted by Gasteiger charge is 2.15. The second-order valence-electron chi connectivity index (χ2n) is 5.77. The van der Waals surface area contributed by atoms with Crippen molar-refractivity contribution >= 4 is 22.8 Å². The van der Waals surface area contributed by atoms with Crippen molar-refractivity contribution < 1.29 is 4.79 Å². The number of hydrogen-bond acceptors (Lipinski definition) is 4. The Morgan fingerprint density at radius 3 is 3.13 bits per heavy atom. The molecule has 3 aromatic rings. The molecule has 0 aliphatic carbocycles. The highest BCUT2D eigenvalue weighted by molar-refractivity contribution is 5.89. The van der Waals surface area contributed by atoms with Gasteiger partial charge < -0.3 is 9.88 Å². The summed E-state index contributed by atoms with van der Waals surface area (Å²) in [5.41, 5.74) is 1.79. The molecule has 7 nitrogen and oxygen atoms in total. The summed E-state index contributed by atoms with van der Waals surface area (Å²) in [6.07, 6.45) is 5.40. The maximum atomic E-state index is 12.2. The lowest BCUT2D eigenvalue weighted by atomic mass is 10.2. The number of aromatic nitrogens is 5. The first-order chi connectivity index (χ1) is 11.3. The van der Waals surface area contributed by atoms with E-state index in [1.807, 2.05) is 24.3 Å². The zero-order valence-corrected chi connectivity index (χ0v) is 12.8. The number of benzene rings is 1. The zero-order valence-electron chi connectivity index (χ0n) is 12.8. The Balaban J connectivity index is 1.41. The number of anilines is 1. The van der Waals surface area contributed by atoms with E-state index in [1.54, 1.807) is 10.9 Å². The van der Waals surface area contributed by atoms with Crippen molar-refractivity contribution in [3.05, 3.63) is 36.3 Å². The summed E-state index contributed by atoms with van der Waals surface area (Å²) in [5.74, 6) is 1.83. The summed E-state index contributed by atoms with van der Waals surface area (Å²) in [6, 6.07) is 7.75. The number of imidazole rings is 1. The van der Waals surface area contributed by atoms with Crippen LogP contribution in [0, 0.1) is 0 Å². The molecule has 4 rings (SSSR count). The molecule has 0 bridgehead atoms. The van der Waals surface area contributed by atoms with Crippen molar-refractivity contribution in [2.45, 2.75) is 38.8 Å². The molecule has 0 fully saturated rings. The zero-order chi connectivity index (χ0) is 15.6. The SMILES string of the molecule is O=C(CCn1nnc2ccccc21)Nc1cnc2n1CCCC2. The van der Waals surface area contributed by atoms with Gasteiger partial charge in [-0.1, -0.05) is 17.3 Å². The van der Waals surface area contributed by atoms with Crippen LogP contribution in [-0.4, -0.2) is 30.5 Å². The molecule has 23 heavy (non-hydrogen) atoms. The standard InChI is InChI=1S/C16H18N6O/c23-16(18-15-11-17-14-7-3-4-9-21(14)15)8-10-22-13-6-2-1-5-12(13)19-20-22/h1-2,5-6,11H,3-4,7-10H2,(H,18,23). The molecular formula is C16H18N6O. The molecule has 3 heterocycles. The normalized spacial score (nSPS) is 13.9. The van der Waals surface area contributed by atoms with Gasteiger partial charge in [-0.2, -0.15) is 0 Å². The van der Waals surface area contributed by atoms with Crippen LogP contribution in [0.15, 0.2) is 30.5 Å². The fraction of sp³-hybridized carbons (Fsp3) is 0.375. The van der Waals surface area contributed by atoms with Gasteiger partial charge in [-0.05, 0) is 25.0 Å². The van der Waals surface area contributed by atoms with E-state index in [0.717, 1.165) is 42.1 Å². The van der Waals surface area contributed by atoms with Gasteiger partial charge in [0.25, 0.3) is 0 Å². The van der Waals surface area contributed by atoms with Crippen LogP contribution < -0.4 is 5.32 Å². The molecule has 0 radical (unpaired) electrons. The number of nitrogens with one attached hydrogen (secondary N) is 1. The molecular weight excluding hydrogens is 292 g/mol. The van der Waals surface area contributed by atoms with Crippen LogP contribution in [0.5, 0.6) is 0 Å². The van der Waals surface area contributed by atoms with Gasteiger partial charge in [0, 0.05) is 19.4 Å². The molecule has 0 saturated heterocycles. The average Bonchev–Trinajstić information content (AvgIpc) is 3.18. The minimum atomic E-state index is -0.0298. The predicted molar refractivity (Wildman–Crippen MR) is 85.9 cm³/mol. The maximum Gasteiger partial charge on any atom is 0.227 e. The van der Waals surface area contributed by atoms with Gasteiger partial charge in [-0.3, -0.25) is 4.79 Å². The summed E-state index contributed by atoms with van der Waals surface area (Å²) in [6.45, 7) is 1.44. The Hall–Kier alpha value is -2.70. The minimum absolute atomic E-state index is 0.0298. The second-order valence-corrected chi connectivity index (χ2v) is 5.77. The lowest BCUT2D eigenvalue weighted by Crippen LogP contribution is -2.19. The second kappa shape index (κ2) is 5.83. The van der Waals surface area contributed by atoms with Crippen LogP contribution in [0.2, 0.25) is 0 Å². The van der Waals surface area contributed by atoms with Gasteiger partial charge in [-0.15, -0.1) is 5.10 Å². The Labute approximate surface area is 133 Å². The number of nitrogens with zero attached hydrogens (tertiary/aromatic N) is 5. The number of amides is 1. The number of rotatable bonds is 4. The van der Waals surface area contributed by atoms with E-state index in [2.05, 4.69) is 25.2 Å². The molecule has 1 aliphatic rings. The molecule has 0 atom stereocenters. The summed E-state index contributed by atoms with van der Waals surface area (Å²) in [7, 11) is 0. The van der Waals surface area contributed by atoms with Crippen LogP contribution in [0.1, 0.15) is 25.1 Å². The first-order valence-corrected chi connectivity index (χ1v) is 7.94. The predicted octanol–water partition coefficient (Wildman–Crippen LogP) is 1.99. The summed E-state index contributed by atoms with van der Waals surface area (Å²) in [4.78, 5) is 16.6. The van der Waals surface area contributed by atoms with Gasteiger partial charge in [0.15, 0.2) is 0 Å². The number of carbonyl (C=O) groups excluding carboxylic acids is 1. The Morgan fingerprint density at radius 2 is 2.17 bits per heavy atom. The number of carbonyl (C=O) groups is 1. The van der Waals surface area contributed by atoms with Crippen molar-refractivity contribution in [2.24, 2.45) is 0 Å². The lowest BCUT2D eigenvalue weighted by Gasteiger charge is -2.16. The van der Waals surface area contributed by atoms with E-state index in [-0.39, 0.29) is 5.91 Å². The fourth-order valence-electron chi connectivity index (χ4n) is 3.01. The van der Waals surface area contributed by atoms with E-state index < -0.39 is 0 Å². The molecule has 7 heteroatoms. The molecule has 2 aromatic heterocycles. The molecule has 1 N–H and O–H groups in total. The van der Waals surface area contributed by atoms with Gasteiger partial charge in [0.2, 0.25) is 5.91 Å². The molecule has 118 valence electrons. The third kappa shape index (κ3) is 2.69. The molecule has 1 amide bonds. The molecule has 0 unspecified atom stereocenters. The molecule has 1 aromatic carbocycles. The maximum absolute atomic E-state index is 12.2. The van der Waals surface area contributed by atoms with E-state index in [0.29, 0.717) is 13.0 Å². The Morgan fingerprint density at radius 1 is 1.26 bits per heavy atom. The summed E-state index contributed by atoms with van der Waals surface area (Å²) < 4.78 is 3.87. The Bertz CT molecular complexity index is 849. The number of aryl methyl sites for hydroxylation is 2. The Kier molecular flexibility index (Phi) is 3.53. The van der Waals surface area contributed by atoms with Crippen LogP contribution in [-0.2, 0) is 24.3 Å². The monoisotopic (exact) mass is 310 g/mol. The lowest BCUT2D eigenvalue weighted by molar-refractivity contribution is -0.116. The van der Waals surface area contributed by atoms with Crippen LogP contribution >= 0.6 is 0 Å². The van der Waals surface area contributed by atoms with Crippen molar-refractivity contribution in [3.8, 4) is 0 Å². The highest BCUT2D eigenvalue weighted by atomic mass is 16.1. The van der Waals surface area contributed by atoms with E-state index >= 15 is 0 Å². The number of fused-ring (bicyclic) bond motifs is 2. The van der Waals surface area contributed by atoms with E-state index in [1.165, 1.54) is 6.42 Å². The average molecular weight is 310 g/mol. The van der Waals surface area contributed by atoms with Crippen LogP contribution in [0.4, 0.5) is 5.82 Å².